The number of aryl methyl sites for hydroxylation is 2. The van der Waals surface area contributed by atoms with Crippen molar-refractivity contribution in [3.05, 3.63) is 29.3 Å². The highest BCUT2D eigenvalue weighted by molar-refractivity contribution is 5.93. The van der Waals surface area contributed by atoms with Gasteiger partial charge in [-0.25, -0.2) is 0 Å². The first kappa shape index (κ1) is 15.0. The van der Waals surface area contributed by atoms with Gasteiger partial charge in [0.2, 0.25) is 5.91 Å². The van der Waals surface area contributed by atoms with Gasteiger partial charge in [0.05, 0.1) is 19.3 Å². The maximum absolute atomic E-state index is 12.2. The highest BCUT2D eigenvalue weighted by atomic mass is 16.5. The molecule has 1 aliphatic heterocycles. The predicted molar refractivity (Wildman–Crippen MR) is 81.0 cm³/mol. The Morgan fingerprint density at radius 2 is 2.15 bits per heavy atom. The summed E-state index contributed by atoms with van der Waals surface area (Å²) in [5, 5.41) is 3.01. The summed E-state index contributed by atoms with van der Waals surface area (Å²) in [5.41, 5.74) is 3.15. The topological polar surface area (TPSA) is 41.6 Å². The van der Waals surface area contributed by atoms with Crippen molar-refractivity contribution < 1.29 is 9.53 Å². The summed E-state index contributed by atoms with van der Waals surface area (Å²) >= 11 is 0. The van der Waals surface area contributed by atoms with Crippen molar-refractivity contribution in [1.29, 1.82) is 0 Å². The Bertz CT molecular complexity index is 487. The van der Waals surface area contributed by atoms with E-state index < -0.39 is 0 Å². The molecule has 20 heavy (non-hydrogen) atoms. The average Bonchev–Trinajstić information content (AvgIpc) is 2.38. The Labute approximate surface area is 121 Å². The molecule has 1 fully saturated rings. The fourth-order valence-electron chi connectivity index (χ4n) is 2.44. The third-order valence-electron chi connectivity index (χ3n) is 3.75. The average molecular weight is 276 g/mol. The molecular weight excluding hydrogens is 252 g/mol. The van der Waals surface area contributed by atoms with E-state index in [1.165, 1.54) is 0 Å². The van der Waals surface area contributed by atoms with Crippen LogP contribution in [0.15, 0.2) is 18.2 Å². The van der Waals surface area contributed by atoms with Crippen LogP contribution in [-0.2, 0) is 9.53 Å². The van der Waals surface area contributed by atoms with Gasteiger partial charge in [-0.2, -0.15) is 0 Å². The van der Waals surface area contributed by atoms with Gasteiger partial charge in [0.15, 0.2) is 0 Å². The Morgan fingerprint density at radius 1 is 1.40 bits per heavy atom. The number of ether oxygens (including phenoxy) is 1. The molecule has 2 unspecified atom stereocenters. The molecule has 1 heterocycles. The lowest BCUT2D eigenvalue weighted by Gasteiger charge is -2.36. The summed E-state index contributed by atoms with van der Waals surface area (Å²) in [6, 6.07) is 6.38. The van der Waals surface area contributed by atoms with E-state index in [2.05, 4.69) is 23.2 Å². The zero-order valence-corrected chi connectivity index (χ0v) is 12.8. The van der Waals surface area contributed by atoms with Crippen molar-refractivity contribution in [1.82, 2.24) is 4.90 Å². The Kier molecular flexibility index (Phi) is 4.78. The van der Waals surface area contributed by atoms with Gasteiger partial charge in [0.1, 0.15) is 0 Å². The monoisotopic (exact) mass is 276 g/mol. The van der Waals surface area contributed by atoms with Crippen LogP contribution in [-0.4, -0.2) is 42.6 Å². The third-order valence-corrected chi connectivity index (χ3v) is 3.75. The lowest BCUT2D eigenvalue weighted by Crippen LogP contribution is -2.50. The van der Waals surface area contributed by atoms with Crippen LogP contribution >= 0.6 is 0 Å². The second-order valence-corrected chi connectivity index (χ2v) is 5.79. The third kappa shape index (κ3) is 3.81. The first-order valence-corrected chi connectivity index (χ1v) is 7.18. The zero-order chi connectivity index (χ0) is 14.7. The molecular formula is C16H24N2O2. The molecule has 1 aliphatic rings. The number of hydrogen-bond donors (Lipinski definition) is 1. The number of nitrogens with zero attached hydrogens (tertiary/aromatic N) is 1. The van der Waals surface area contributed by atoms with E-state index in [9.17, 15) is 4.79 Å². The molecule has 110 valence electrons. The van der Waals surface area contributed by atoms with E-state index in [1.54, 1.807) is 0 Å². The quantitative estimate of drug-likeness (QED) is 0.921. The van der Waals surface area contributed by atoms with Crippen LogP contribution in [0.3, 0.4) is 0 Å². The minimum absolute atomic E-state index is 0.0413. The number of rotatable bonds is 3. The number of benzene rings is 1. The van der Waals surface area contributed by atoms with Crippen LogP contribution in [0.2, 0.25) is 0 Å². The molecule has 0 aromatic heterocycles. The predicted octanol–water partition coefficient (Wildman–Crippen LogP) is 2.35. The van der Waals surface area contributed by atoms with Gasteiger partial charge >= 0.3 is 0 Å². The summed E-state index contributed by atoms with van der Waals surface area (Å²) in [4.78, 5) is 14.4. The molecule has 4 nitrogen and oxygen atoms in total. The normalized spacial score (nSPS) is 23.6. The molecule has 0 radical (unpaired) electrons. The lowest BCUT2D eigenvalue weighted by atomic mass is 10.1. The molecule has 0 aliphatic carbocycles. The van der Waals surface area contributed by atoms with Crippen molar-refractivity contribution in [2.75, 3.05) is 25.0 Å². The molecule has 2 rings (SSSR count). The van der Waals surface area contributed by atoms with Gasteiger partial charge < -0.3 is 10.1 Å². The number of hydrogen-bond acceptors (Lipinski definition) is 3. The molecule has 1 saturated heterocycles. The first-order valence-electron chi connectivity index (χ1n) is 7.18. The SMILES string of the molecule is Cc1ccc(C)c(NC(=O)CN2CC(C)OCC2C)c1. The summed E-state index contributed by atoms with van der Waals surface area (Å²) in [7, 11) is 0. The van der Waals surface area contributed by atoms with Crippen LogP contribution in [0, 0.1) is 13.8 Å². The highest BCUT2D eigenvalue weighted by Crippen LogP contribution is 2.17. The first-order chi connectivity index (χ1) is 9.45. The summed E-state index contributed by atoms with van der Waals surface area (Å²) in [6.45, 7) is 10.1. The highest BCUT2D eigenvalue weighted by Gasteiger charge is 2.25. The number of anilines is 1. The summed E-state index contributed by atoms with van der Waals surface area (Å²) < 4.78 is 5.58. The number of carbonyl (C=O) groups excluding carboxylic acids is 1. The van der Waals surface area contributed by atoms with E-state index in [0.29, 0.717) is 13.2 Å². The second-order valence-electron chi connectivity index (χ2n) is 5.79. The van der Waals surface area contributed by atoms with Gasteiger partial charge in [0.25, 0.3) is 0 Å². The molecule has 4 heteroatoms. The van der Waals surface area contributed by atoms with Crippen LogP contribution < -0.4 is 5.32 Å². The van der Waals surface area contributed by atoms with E-state index in [-0.39, 0.29) is 18.1 Å². The molecule has 1 aromatic rings. The number of carbonyl (C=O) groups is 1. The van der Waals surface area contributed by atoms with Gasteiger partial charge in [-0.3, -0.25) is 9.69 Å². The van der Waals surface area contributed by atoms with Crippen LogP contribution in [0.1, 0.15) is 25.0 Å². The summed E-state index contributed by atoms with van der Waals surface area (Å²) in [6.07, 6.45) is 0.194. The van der Waals surface area contributed by atoms with Gasteiger partial charge in [-0.1, -0.05) is 12.1 Å². The van der Waals surface area contributed by atoms with Gasteiger partial charge in [-0.15, -0.1) is 0 Å². The van der Waals surface area contributed by atoms with E-state index >= 15 is 0 Å². The molecule has 0 spiro atoms. The van der Waals surface area contributed by atoms with Gasteiger partial charge in [0, 0.05) is 18.3 Å². The van der Waals surface area contributed by atoms with Crippen LogP contribution in [0.25, 0.3) is 0 Å². The van der Waals surface area contributed by atoms with E-state index in [1.807, 2.05) is 32.9 Å². The maximum atomic E-state index is 12.2. The van der Waals surface area contributed by atoms with E-state index in [4.69, 9.17) is 4.74 Å². The number of nitrogens with one attached hydrogen (secondary N) is 1. The molecule has 1 amide bonds. The number of amides is 1. The maximum Gasteiger partial charge on any atom is 0.238 e. The minimum Gasteiger partial charge on any atom is -0.376 e. The molecule has 1 aromatic carbocycles. The van der Waals surface area contributed by atoms with Crippen molar-refractivity contribution >= 4 is 11.6 Å². The second kappa shape index (κ2) is 6.37. The van der Waals surface area contributed by atoms with Crippen LogP contribution in [0.5, 0.6) is 0 Å². The molecule has 0 saturated carbocycles. The van der Waals surface area contributed by atoms with Crippen molar-refractivity contribution in [3.63, 3.8) is 0 Å². The molecule has 1 N–H and O–H groups in total. The van der Waals surface area contributed by atoms with Gasteiger partial charge in [-0.05, 0) is 44.9 Å². The largest absolute Gasteiger partial charge is 0.376 e. The minimum atomic E-state index is 0.0413. The standard InChI is InChI=1S/C16H24N2O2/c1-11-5-6-12(2)15(7-11)17-16(19)9-18-8-14(4)20-10-13(18)3/h5-7,13-14H,8-10H2,1-4H3,(H,17,19). The fraction of sp³-hybridized carbons (Fsp3) is 0.562. The molecule has 0 bridgehead atoms. The number of morpholine rings is 1. The Hall–Kier alpha value is -1.39. The lowest BCUT2D eigenvalue weighted by molar-refractivity contribution is -0.121. The summed E-state index contributed by atoms with van der Waals surface area (Å²) in [5.74, 6) is 0.0413. The Morgan fingerprint density at radius 3 is 2.90 bits per heavy atom. The Balaban J connectivity index is 1.96. The zero-order valence-electron chi connectivity index (χ0n) is 12.8. The van der Waals surface area contributed by atoms with E-state index in [0.717, 1.165) is 23.4 Å². The smallest absolute Gasteiger partial charge is 0.238 e. The fourth-order valence-corrected chi connectivity index (χ4v) is 2.44. The molecule has 2 atom stereocenters. The van der Waals surface area contributed by atoms with Crippen molar-refractivity contribution in [3.8, 4) is 0 Å². The van der Waals surface area contributed by atoms with Crippen molar-refractivity contribution in [2.45, 2.75) is 39.8 Å². The van der Waals surface area contributed by atoms with Crippen LogP contribution in [0.4, 0.5) is 5.69 Å². The van der Waals surface area contributed by atoms with Crippen molar-refractivity contribution in [2.24, 2.45) is 0 Å².